The fourth-order valence-corrected chi connectivity index (χ4v) is 2.62. The van der Waals surface area contributed by atoms with Gasteiger partial charge in [0.1, 0.15) is 25.1 Å². The predicted octanol–water partition coefficient (Wildman–Crippen LogP) is 3.79. The highest BCUT2D eigenvalue weighted by Gasteiger charge is 2.13. The Morgan fingerprint density at radius 1 is 1.08 bits per heavy atom. The van der Waals surface area contributed by atoms with E-state index in [1.165, 1.54) is 12.1 Å². The van der Waals surface area contributed by atoms with Gasteiger partial charge in [0, 0.05) is 0 Å². The van der Waals surface area contributed by atoms with Crippen molar-refractivity contribution in [1.82, 2.24) is 14.9 Å². The summed E-state index contributed by atoms with van der Waals surface area (Å²) < 4.78 is 26.1. The second-order valence-corrected chi connectivity index (χ2v) is 5.86. The van der Waals surface area contributed by atoms with Gasteiger partial charge in [0.15, 0.2) is 11.5 Å². The second kappa shape index (κ2) is 8.53. The van der Waals surface area contributed by atoms with Gasteiger partial charge in [-0.1, -0.05) is 23.7 Å². The van der Waals surface area contributed by atoms with Gasteiger partial charge in [0.2, 0.25) is 0 Å². The molecule has 0 unspecified atom stereocenters. The van der Waals surface area contributed by atoms with Crippen LogP contribution in [0.15, 0.2) is 49.1 Å². The maximum absolute atomic E-state index is 13.0. The molecule has 26 heavy (non-hydrogen) atoms. The van der Waals surface area contributed by atoms with Crippen LogP contribution in [-0.2, 0) is 13.2 Å². The number of aromatic nitrogens is 3. The van der Waals surface area contributed by atoms with E-state index in [4.69, 9.17) is 21.1 Å². The van der Waals surface area contributed by atoms with Crippen LogP contribution in [0.3, 0.4) is 0 Å². The lowest BCUT2D eigenvalue weighted by Gasteiger charge is -2.16. The first kappa shape index (κ1) is 18.0. The van der Waals surface area contributed by atoms with Crippen LogP contribution < -0.4 is 14.9 Å². The van der Waals surface area contributed by atoms with E-state index in [1.807, 2.05) is 13.0 Å². The summed E-state index contributed by atoms with van der Waals surface area (Å²) >= 11 is 6.40. The molecule has 0 fully saturated rings. The van der Waals surface area contributed by atoms with Crippen LogP contribution in [0.2, 0.25) is 5.02 Å². The fourth-order valence-electron chi connectivity index (χ4n) is 2.33. The maximum atomic E-state index is 13.0. The van der Waals surface area contributed by atoms with Crippen LogP contribution in [0.5, 0.6) is 11.5 Å². The summed E-state index contributed by atoms with van der Waals surface area (Å²) in [5.74, 6) is 0.736. The smallest absolute Gasteiger partial charge is 0.180 e. The number of nitrogens with zero attached hydrogens (tertiary/aromatic N) is 3. The Morgan fingerprint density at radius 3 is 2.50 bits per heavy atom. The summed E-state index contributed by atoms with van der Waals surface area (Å²) in [5, 5.41) is 7.90. The van der Waals surface area contributed by atoms with E-state index in [-0.39, 0.29) is 12.4 Å². The van der Waals surface area contributed by atoms with Gasteiger partial charge in [0.25, 0.3) is 0 Å². The topological polar surface area (TPSA) is 61.2 Å². The summed E-state index contributed by atoms with van der Waals surface area (Å²) in [7, 11) is 0. The van der Waals surface area contributed by atoms with Gasteiger partial charge >= 0.3 is 0 Å². The van der Waals surface area contributed by atoms with Crippen molar-refractivity contribution in [2.75, 3.05) is 12.0 Å². The van der Waals surface area contributed by atoms with E-state index < -0.39 is 0 Å². The van der Waals surface area contributed by atoms with Crippen molar-refractivity contribution in [3.05, 3.63) is 71.0 Å². The quantitative estimate of drug-likeness (QED) is 0.648. The molecule has 0 spiro atoms. The third-order valence-electron chi connectivity index (χ3n) is 3.55. The third-order valence-corrected chi connectivity index (χ3v) is 3.83. The second-order valence-electron chi connectivity index (χ2n) is 5.46. The normalized spacial score (nSPS) is 10.6. The lowest BCUT2D eigenvalue weighted by Crippen LogP contribution is -2.12. The Bertz CT molecular complexity index is 841. The lowest BCUT2D eigenvalue weighted by atomic mass is 10.2. The molecule has 3 aromatic rings. The van der Waals surface area contributed by atoms with Gasteiger partial charge in [-0.2, -0.15) is 0 Å². The average Bonchev–Trinajstić information content (AvgIpc) is 3.14. The first-order valence-corrected chi connectivity index (χ1v) is 8.44. The number of benzene rings is 2. The van der Waals surface area contributed by atoms with E-state index in [2.05, 4.69) is 15.6 Å². The van der Waals surface area contributed by atoms with Gasteiger partial charge in [-0.3, -0.25) is 0 Å². The monoisotopic (exact) mass is 376 g/mol. The summed E-state index contributed by atoms with van der Waals surface area (Å²) in [6.07, 6.45) is 3.12. The number of rotatable bonds is 8. The van der Waals surface area contributed by atoms with Crippen molar-refractivity contribution < 1.29 is 13.9 Å². The Morgan fingerprint density at radius 2 is 1.81 bits per heavy atom. The molecule has 0 saturated heterocycles. The molecule has 6 nitrogen and oxygen atoms in total. The zero-order valence-electron chi connectivity index (χ0n) is 14.2. The molecule has 8 heteroatoms. The Balaban J connectivity index is 1.74. The molecule has 0 amide bonds. The molecule has 0 aliphatic carbocycles. The molecule has 0 atom stereocenters. The number of hydrogen-bond acceptors (Lipinski definition) is 5. The minimum Gasteiger partial charge on any atom is -0.490 e. The molecule has 1 heterocycles. The first-order chi connectivity index (χ1) is 12.7. The molecule has 136 valence electrons. The summed E-state index contributed by atoms with van der Waals surface area (Å²) in [6.45, 7) is 3.14. The lowest BCUT2D eigenvalue weighted by molar-refractivity contribution is 0.269. The van der Waals surface area contributed by atoms with Crippen molar-refractivity contribution in [3.63, 3.8) is 0 Å². The molecule has 0 bridgehead atoms. The van der Waals surface area contributed by atoms with Crippen LogP contribution in [0.4, 0.5) is 4.39 Å². The molecule has 1 N–H and O–H groups in total. The van der Waals surface area contributed by atoms with Gasteiger partial charge in [-0.05, 0) is 42.3 Å². The van der Waals surface area contributed by atoms with Crippen LogP contribution in [0, 0.1) is 5.82 Å². The number of nitrogens with one attached hydrogen (secondary N) is 1. The average molecular weight is 377 g/mol. The molecule has 2 aromatic carbocycles. The summed E-state index contributed by atoms with van der Waals surface area (Å²) in [4.78, 5) is 0. The molecular formula is C18H18ClFN4O2. The van der Waals surface area contributed by atoms with Gasteiger partial charge < -0.3 is 14.9 Å². The minimum absolute atomic E-state index is 0.262. The SMILES string of the molecule is CCOc1cc(CNn2cnnc2)cc(Cl)c1OCc1ccc(F)cc1. The van der Waals surface area contributed by atoms with Crippen LogP contribution in [0.1, 0.15) is 18.1 Å². The molecule has 3 rings (SSSR count). The fraction of sp³-hybridized carbons (Fsp3) is 0.222. The molecule has 1 aromatic heterocycles. The highest BCUT2D eigenvalue weighted by Crippen LogP contribution is 2.37. The van der Waals surface area contributed by atoms with Crippen molar-refractivity contribution in [3.8, 4) is 11.5 Å². The number of hydrogen-bond donors (Lipinski definition) is 1. The minimum atomic E-state index is -0.285. The molecular weight excluding hydrogens is 359 g/mol. The van der Waals surface area contributed by atoms with Gasteiger partial charge in [-0.25, -0.2) is 9.07 Å². The highest BCUT2D eigenvalue weighted by molar-refractivity contribution is 6.32. The van der Waals surface area contributed by atoms with E-state index in [1.54, 1.807) is 35.5 Å². The maximum Gasteiger partial charge on any atom is 0.180 e. The number of ether oxygens (including phenoxy) is 2. The van der Waals surface area contributed by atoms with E-state index in [0.717, 1.165) is 11.1 Å². The predicted molar refractivity (Wildman–Crippen MR) is 96.4 cm³/mol. The third kappa shape index (κ3) is 4.64. The Hall–Kier alpha value is -2.80. The standard InChI is InChI=1S/C18H18ClFN4O2/c1-2-25-17-8-14(9-23-24-11-21-22-12-24)7-16(19)18(17)26-10-13-3-5-15(20)6-4-13/h3-8,11-12,23H,2,9-10H2,1H3. The van der Waals surface area contributed by atoms with Gasteiger partial charge in [-0.15, -0.1) is 10.2 Å². The summed E-state index contributed by atoms with van der Waals surface area (Å²) in [5.41, 5.74) is 4.88. The van der Waals surface area contributed by atoms with E-state index in [0.29, 0.717) is 29.7 Å². The molecule has 0 radical (unpaired) electrons. The van der Waals surface area contributed by atoms with Crippen LogP contribution in [0.25, 0.3) is 0 Å². The van der Waals surface area contributed by atoms with Crippen molar-refractivity contribution in [2.24, 2.45) is 0 Å². The number of halogens is 2. The van der Waals surface area contributed by atoms with Crippen LogP contribution in [-0.4, -0.2) is 21.5 Å². The molecule has 0 aliphatic rings. The van der Waals surface area contributed by atoms with Crippen molar-refractivity contribution in [1.29, 1.82) is 0 Å². The Kier molecular flexibility index (Phi) is 5.91. The molecule has 0 saturated carbocycles. The highest BCUT2D eigenvalue weighted by atomic mass is 35.5. The van der Waals surface area contributed by atoms with E-state index in [9.17, 15) is 4.39 Å². The largest absolute Gasteiger partial charge is 0.490 e. The summed E-state index contributed by atoms with van der Waals surface area (Å²) in [6, 6.07) is 9.79. The van der Waals surface area contributed by atoms with Crippen molar-refractivity contribution in [2.45, 2.75) is 20.1 Å². The van der Waals surface area contributed by atoms with Crippen LogP contribution >= 0.6 is 11.6 Å². The van der Waals surface area contributed by atoms with Gasteiger partial charge in [0.05, 0.1) is 18.2 Å². The first-order valence-electron chi connectivity index (χ1n) is 8.06. The molecule has 0 aliphatic heterocycles. The van der Waals surface area contributed by atoms with Crippen molar-refractivity contribution >= 4 is 11.6 Å². The zero-order chi connectivity index (χ0) is 18.4. The zero-order valence-corrected chi connectivity index (χ0v) is 14.9. The Labute approximate surface area is 155 Å². The van der Waals surface area contributed by atoms with E-state index >= 15 is 0 Å².